The number of aliphatic carboxylic acids is 1. The second-order valence-electron chi connectivity index (χ2n) is 5.66. The van der Waals surface area contributed by atoms with Gasteiger partial charge in [0.05, 0.1) is 6.42 Å². The van der Waals surface area contributed by atoms with Gasteiger partial charge in [0.25, 0.3) is 0 Å². The van der Waals surface area contributed by atoms with Crippen molar-refractivity contribution >= 4 is 17.7 Å². The lowest BCUT2D eigenvalue weighted by Crippen LogP contribution is -2.48. The second-order valence-corrected chi connectivity index (χ2v) is 5.66. The summed E-state index contributed by atoms with van der Waals surface area (Å²) in [6.07, 6.45) is 0.994. The summed E-state index contributed by atoms with van der Waals surface area (Å²) in [4.78, 5) is 34.8. The van der Waals surface area contributed by atoms with Gasteiger partial charge in [-0.3, -0.25) is 9.59 Å². The predicted molar refractivity (Wildman–Crippen MR) is 76.6 cm³/mol. The molecule has 2 N–H and O–H groups in total. The van der Waals surface area contributed by atoms with E-state index in [0.29, 0.717) is 19.3 Å². The molecule has 0 unspecified atom stereocenters. The number of rotatable bonds is 5. The van der Waals surface area contributed by atoms with Crippen LogP contribution in [0.5, 0.6) is 0 Å². The van der Waals surface area contributed by atoms with Crippen LogP contribution in [0, 0.1) is 17.6 Å². The van der Waals surface area contributed by atoms with Gasteiger partial charge in [-0.2, -0.15) is 0 Å². The van der Waals surface area contributed by atoms with Gasteiger partial charge < -0.3 is 10.4 Å². The van der Waals surface area contributed by atoms with Crippen molar-refractivity contribution in [1.82, 2.24) is 5.32 Å². The van der Waals surface area contributed by atoms with Crippen LogP contribution in [0.15, 0.2) is 18.2 Å². The summed E-state index contributed by atoms with van der Waals surface area (Å²) in [5, 5.41) is 11.5. The van der Waals surface area contributed by atoms with Gasteiger partial charge in [-0.15, -0.1) is 0 Å². The molecule has 0 spiro atoms. The van der Waals surface area contributed by atoms with Crippen LogP contribution < -0.4 is 5.32 Å². The molecule has 0 bridgehead atoms. The number of hydrogen-bond donors (Lipinski definition) is 2. The minimum absolute atomic E-state index is 0.0399. The van der Waals surface area contributed by atoms with Crippen LogP contribution in [-0.2, 0) is 20.8 Å². The lowest BCUT2D eigenvalue weighted by molar-refractivity contribution is -0.144. The van der Waals surface area contributed by atoms with Crippen molar-refractivity contribution in [3.8, 4) is 0 Å². The Balaban J connectivity index is 2.06. The van der Waals surface area contributed by atoms with Crippen molar-refractivity contribution in [1.29, 1.82) is 0 Å². The van der Waals surface area contributed by atoms with Gasteiger partial charge in [0.1, 0.15) is 23.5 Å². The Bertz CT molecular complexity index is 612. The maximum Gasteiger partial charge on any atom is 0.326 e. The van der Waals surface area contributed by atoms with Gasteiger partial charge in [-0.05, 0) is 30.9 Å². The Kier molecular flexibility index (Phi) is 5.41. The van der Waals surface area contributed by atoms with Crippen molar-refractivity contribution in [2.24, 2.45) is 5.92 Å². The molecule has 0 heterocycles. The second kappa shape index (κ2) is 7.30. The van der Waals surface area contributed by atoms with Gasteiger partial charge in [-0.25, -0.2) is 13.6 Å². The molecule has 1 aromatic carbocycles. The summed E-state index contributed by atoms with van der Waals surface area (Å²) < 4.78 is 27.1. The molecule has 23 heavy (non-hydrogen) atoms. The van der Waals surface area contributed by atoms with Gasteiger partial charge in [0, 0.05) is 18.4 Å². The molecule has 124 valence electrons. The molecule has 2 rings (SSSR count). The Morgan fingerprint density at radius 1 is 1.30 bits per heavy atom. The molecular formula is C16H17F2NO4. The van der Waals surface area contributed by atoms with E-state index >= 15 is 0 Å². The number of carboxylic acids is 1. The summed E-state index contributed by atoms with van der Waals surface area (Å²) >= 11 is 0. The summed E-state index contributed by atoms with van der Waals surface area (Å²) in [6, 6.07) is 2.00. The first-order valence-electron chi connectivity index (χ1n) is 7.35. The van der Waals surface area contributed by atoms with Crippen LogP contribution in [0.25, 0.3) is 0 Å². The van der Waals surface area contributed by atoms with Crippen molar-refractivity contribution in [2.45, 2.75) is 38.1 Å². The normalized spacial score (nSPS) is 19.2. The number of Topliss-reactive ketones (excluding diaryl/α,β-unsaturated/α-hetero) is 1. The van der Waals surface area contributed by atoms with Gasteiger partial charge in [0.2, 0.25) is 5.91 Å². The van der Waals surface area contributed by atoms with Crippen LogP contribution in [0.3, 0.4) is 0 Å². The topological polar surface area (TPSA) is 83.5 Å². The van der Waals surface area contributed by atoms with Crippen LogP contribution in [0.1, 0.15) is 31.2 Å². The molecule has 1 saturated carbocycles. The fourth-order valence-corrected chi connectivity index (χ4v) is 2.81. The number of carboxylic acid groups (broad SMARTS) is 1. The first-order chi connectivity index (χ1) is 10.9. The first kappa shape index (κ1) is 17.1. The molecule has 7 heteroatoms. The van der Waals surface area contributed by atoms with Gasteiger partial charge in [0.15, 0.2) is 0 Å². The summed E-state index contributed by atoms with van der Waals surface area (Å²) in [5.74, 6) is -4.31. The molecule has 1 aliphatic carbocycles. The number of ketones is 1. The third kappa shape index (κ3) is 4.34. The molecule has 1 aliphatic rings. The highest BCUT2D eigenvalue weighted by Crippen LogP contribution is 2.25. The zero-order valence-electron chi connectivity index (χ0n) is 12.4. The molecule has 0 aromatic heterocycles. The van der Waals surface area contributed by atoms with E-state index in [-0.39, 0.29) is 12.2 Å². The van der Waals surface area contributed by atoms with Gasteiger partial charge >= 0.3 is 5.97 Å². The van der Waals surface area contributed by atoms with Crippen LogP contribution in [0.4, 0.5) is 8.78 Å². The number of carbonyl (C=O) groups is 3. The molecule has 5 nitrogen and oxygen atoms in total. The van der Waals surface area contributed by atoms with E-state index in [0.717, 1.165) is 12.1 Å². The smallest absolute Gasteiger partial charge is 0.326 e. The number of halogens is 2. The van der Waals surface area contributed by atoms with E-state index in [4.69, 9.17) is 0 Å². The summed E-state index contributed by atoms with van der Waals surface area (Å²) in [5.41, 5.74) is -0.408. The molecule has 1 amide bonds. The summed E-state index contributed by atoms with van der Waals surface area (Å²) in [6.45, 7) is 0. The van der Waals surface area contributed by atoms with E-state index in [9.17, 15) is 28.3 Å². The quantitative estimate of drug-likeness (QED) is 0.865. The largest absolute Gasteiger partial charge is 0.480 e. The minimum Gasteiger partial charge on any atom is -0.480 e. The number of carbonyl (C=O) groups excluding carboxylic acids is 2. The average Bonchev–Trinajstić information content (AvgIpc) is 2.48. The summed E-state index contributed by atoms with van der Waals surface area (Å²) in [7, 11) is 0. The van der Waals surface area contributed by atoms with Crippen LogP contribution in [-0.4, -0.2) is 28.8 Å². The lowest BCUT2D eigenvalue weighted by atomic mass is 9.83. The van der Waals surface area contributed by atoms with Crippen molar-refractivity contribution in [3.05, 3.63) is 35.4 Å². The van der Waals surface area contributed by atoms with Crippen molar-refractivity contribution in [2.75, 3.05) is 0 Å². The number of benzene rings is 1. The molecule has 0 radical (unpaired) electrons. The molecule has 2 atom stereocenters. The highest BCUT2D eigenvalue weighted by atomic mass is 19.1. The van der Waals surface area contributed by atoms with Crippen LogP contribution in [0.2, 0.25) is 0 Å². The lowest BCUT2D eigenvalue weighted by Gasteiger charge is -2.27. The Labute approximate surface area is 131 Å². The predicted octanol–water partition coefficient (Wildman–Crippen LogP) is 1.84. The third-order valence-corrected chi connectivity index (χ3v) is 3.97. The molecule has 1 fully saturated rings. The zero-order valence-corrected chi connectivity index (χ0v) is 12.4. The SMILES string of the molecule is O=C1CCC[C@H]([C@@H](NC(=O)Cc2c(F)cccc2F)C(=O)O)C1. The fourth-order valence-electron chi connectivity index (χ4n) is 2.81. The van der Waals surface area contributed by atoms with Crippen molar-refractivity contribution in [3.63, 3.8) is 0 Å². The molecule has 0 saturated heterocycles. The highest BCUT2D eigenvalue weighted by Gasteiger charge is 2.33. The Morgan fingerprint density at radius 2 is 1.96 bits per heavy atom. The Hall–Kier alpha value is -2.31. The number of nitrogens with one attached hydrogen (secondary N) is 1. The maximum atomic E-state index is 13.5. The molecule has 0 aliphatic heterocycles. The van der Waals surface area contributed by atoms with E-state index < -0.39 is 47.5 Å². The number of amides is 1. The van der Waals surface area contributed by atoms with E-state index in [1.165, 1.54) is 6.07 Å². The monoisotopic (exact) mass is 325 g/mol. The van der Waals surface area contributed by atoms with E-state index in [1.54, 1.807) is 0 Å². The molecule has 1 aromatic rings. The first-order valence-corrected chi connectivity index (χ1v) is 7.35. The van der Waals surface area contributed by atoms with Crippen LogP contribution >= 0.6 is 0 Å². The standard InChI is InChI=1S/C16H17F2NO4/c17-12-5-2-6-13(18)11(12)8-14(21)19-15(16(22)23)9-3-1-4-10(20)7-9/h2,5-6,9,15H,1,3-4,7-8H2,(H,19,21)(H,22,23)/t9-,15+/m0/s1. The highest BCUT2D eigenvalue weighted by molar-refractivity contribution is 5.86. The molecular weight excluding hydrogens is 308 g/mol. The van der Waals surface area contributed by atoms with E-state index in [2.05, 4.69) is 5.32 Å². The van der Waals surface area contributed by atoms with Gasteiger partial charge in [-0.1, -0.05) is 6.07 Å². The fraction of sp³-hybridized carbons (Fsp3) is 0.438. The number of hydrogen-bond acceptors (Lipinski definition) is 3. The zero-order chi connectivity index (χ0) is 17.0. The average molecular weight is 325 g/mol. The minimum atomic E-state index is -1.26. The Morgan fingerprint density at radius 3 is 2.52 bits per heavy atom. The van der Waals surface area contributed by atoms with E-state index in [1.807, 2.05) is 0 Å². The van der Waals surface area contributed by atoms with Crippen molar-refractivity contribution < 1.29 is 28.3 Å². The maximum absolute atomic E-state index is 13.5. The third-order valence-electron chi connectivity index (χ3n) is 3.97.